The van der Waals surface area contributed by atoms with Gasteiger partial charge in [0.15, 0.2) is 0 Å². The van der Waals surface area contributed by atoms with Crippen LogP contribution in [0.25, 0.3) is 6.08 Å². The van der Waals surface area contributed by atoms with Gasteiger partial charge in [0.25, 0.3) is 0 Å². The lowest BCUT2D eigenvalue weighted by atomic mass is 10.2. The van der Waals surface area contributed by atoms with Crippen LogP contribution in [0.2, 0.25) is 0 Å². The van der Waals surface area contributed by atoms with Crippen LogP contribution < -0.4 is 4.74 Å². The molecule has 1 aliphatic heterocycles. The van der Waals surface area contributed by atoms with Crippen molar-refractivity contribution >= 4 is 23.3 Å². The molecule has 126 valence electrons. The number of carbonyl (C=O) groups is 1. The number of hydrogen-bond acceptors (Lipinski definition) is 5. The summed E-state index contributed by atoms with van der Waals surface area (Å²) in [4.78, 5) is 18.0. The molecule has 1 N–H and O–H groups in total. The molecule has 0 spiro atoms. The number of aliphatic hydroxyl groups is 1. The number of ether oxygens (including phenoxy) is 1. The van der Waals surface area contributed by atoms with Gasteiger partial charge in [-0.15, -0.1) is 11.3 Å². The molecular formula is C18H20N2O3S. The Morgan fingerprint density at radius 2 is 2.25 bits per heavy atom. The molecular weight excluding hydrogens is 324 g/mol. The molecule has 0 unspecified atom stereocenters. The molecule has 1 aromatic heterocycles. The number of aromatic nitrogens is 1. The van der Waals surface area contributed by atoms with E-state index in [1.54, 1.807) is 28.4 Å². The van der Waals surface area contributed by atoms with Crippen molar-refractivity contribution in [1.29, 1.82) is 0 Å². The number of aliphatic hydroxyl groups excluding tert-OH is 1. The molecule has 6 heteroatoms. The summed E-state index contributed by atoms with van der Waals surface area (Å²) in [6.07, 6.45) is 3.59. The van der Waals surface area contributed by atoms with E-state index in [2.05, 4.69) is 4.98 Å². The number of benzene rings is 1. The molecule has 3 rings (SSSR count). The molecule has 0 aliphatic carbocycles. The zero-order valence-corrected chi connectivity index (χ0v) is 14.3. The SMILES string of the molecule is Cc1nc(COc2ccc(C=CC(=O)N3CC[C@@H](O)C3)cc2)cs1. The molecule has 2 heterocycles. The largest absolute Gasteiger partial charge is 0.487 e. The molecule has 1 amide bonds. The van der Waals surface area contributed by atoms with Crippen molar-refractivity contribution in [1.82, 2.24) is 9.88 Å². The maximum atomic E-state index is 12.0. The van der Waals surface area contributed by atoms with Gasteiger partial charge in [-0.05, 0) is 37.1 Å². The van der Waals surface area contributed by atoms with Crippen LogP contribution in [-0.4, -0.2) is 40.1 Å². The number of nitrogens with zero attached hydrogens (tertiary/aromatic N) is 2. The van der Waals surface area contributed by atoms with Crippen LogP contribution in [0.5, 0.6) is 5.75 Å². The Morgan fingerprint density at radius 1 is 1.46 bits per heavy atom. The minimum atomic E-state index is -0.389. The molecule has 1 fully saturated rings. The van der Waals surface area contributed by atoms with E-state index < -0.39 is 0 Å². The predicted octanol–water partition coefficient (Wildman–Crippen LogP) is 2.64. The first kappa shape index (κ1) is 16.7. The third-order valence-electron chi connectivity index (χ3n) is 3.83. The molecule has 0 radical (unpaired) electrons. The second-order valence-corrected chi connectivity index (χ2v) is 6.84. The van der Waals surface area contributed by atoms with Crippen molar-refractivity contribution in [2.24, 2.45) is 0 Å². The molecule has 2 aromatic rings. The molecule has 1 atom stereocenters. The van der Waals surface area contributed by atoms with Gasteiger partial charge >= 0.3 is 0 Å². The number of β-amino-alcohol motifs (C(OH)–C–C–N with tert-alkyl or cyclic N) is 1. The summed E-state index contributed by atoms with van der Waals surface area (Å²) < 4.78 is 5.70. The summed E-state index contributed by atoms with van der Waals surface area (Å²) in [7, 11) is 0. The van der Waals surface area contributed by atoms with Crippen LogP contribution in [0.15, 0.2) is 35.7 Å². The van der Waals surface area contributed by atoms with E-state index in [9.17, 15) is 9.90 Å². The van der Waals surface area contributed by atoms with E-state index in [0.29, 0.717) is 26.1 Å². The molecule has 1 aliphatic rings. The number of hydrogen-bond donors (Lipinski definition) is 1. The van der Waals surface area contributed by atoms with Gasteiger partial charge in [-0.2, -0.15) is 0 Å². The summed E-state index contributed by atoms with van der Waals surface area (Å²) in [6, 6.07) is 7.57. The highest BCUT2D eigenvalue weighted by Crippen LogP contribution is 2.16. The topological polar surface area (TPSA) is 62.7 Å². The Hall–Kier alpha value is -2.18. The van der Waals surface area contributed by atoms with Crippen molar-refractivity contribution < 1.29 is 14.6 Å². The fourth-order valence-electron chi connectivity index (χ4n) is 2.52. The van der Waals surface area contributed by atoms with Crippen LogP contribution in [0.1, 0.15) is 22.7 Å². The first-order valence-corrected chi connectivity index (χ1v) is 8.77. The van der Waals surface area contributed by atoms with E-state index in [1.165, 1.54) is 0 Å². The van der Waals surface area contributed by atoms with E-state index in [-0.39, 0.29) is 12.0 Å². The monoisotopic (exact) mass is 344 g/mol. The number of thiazole rings is 1. The fourth-order valence-corrected chi connectivity index (χ4v) is 3.12. The van der Waals surface area contributed by atoms with Crippen molar-refractivity contribution in [3.05, 3.63) is 52.0 Å². The Bertz CT molecular complexity index is 724. The molecule has 1 aromatic carbocycles. The fraction of sp³-hybridized carbons (Fsp3) is 0.333. The van der Waals surface area contributed by atoms with Crippen molar-refractivity contribution in [3.63, 3.8) is 0 Å². The number of rotatable bonds is 5. The number of carbonyl (C=O) groups excluding carboxylic acids is 1. The Labute approximate surface area is 145 Å². The van der Waals surface area contributed by atoms with E-state index >= 15 is 0 Å². The first-order valence-electron chi connectivity index (χ1n) is 7.89. The van der Waals surface area contributed by atoms with Crippen LogP contribution in [0.4, 0.5) is 0 Å². The average Bonchev–Trinajstić information content (AvgIpc) is 3.20. The molecule has 1 saturated heterocycles. The van der Waals surface area contributed by atoms with Gasteiger partial charge in [0, 0.05) is 24.5 Å². The lowest BCUT2D eigenvalue weighted by Crippen LogP contribution is -2.27. The lowest BCUT2D eigenvalue weighted by Gasteiger charge is -2.12. The lowest BCUT2D eigenvalue weighted by molar-refractivity contribution is -0.125. The Morgan fingerprint density at radius 3 is 2.88 bits per heavy atom. The smallest absolute Gasteiger partial charge is 0.246 e. The van der Waals surface area contributed by atoms with Crippen LogP contribution in [0, 0.1) is 6.92 Å². The van der Waals surface area contributed by atoms with Gasteiger partial charge in [-0.1, -0.05) is 12.1 Å². The normalized spacial score (nSPS) is 17.6. The minimum absolute atomic E-state index is 0.0641. The Balaban J connectivity index is 1.52. The summed E-state index contributed by atoms with van der Waals surface area (Å²) in [5.41, 5.74) is 1.86. The third-order valence-corrected chi connectivity index (χ3v) is 4.65. The van der Waals surface area contributed by atoms with E-state index in [1.807, 2.05) is 36.6 Å². The zero-order valence-electron chi connectivity index (χ0n) is 13.5. The van der Waals surface area contributed by atoms with Crippen molar-refractivity contribution in [2.75, 3.05) is 13.1 Å². The van der Waals surface area contributed by atoms with Crippen molar-refractivity contribution in [2.45, 2.75) is 26.1 Å². The van der Waals surface area contributed by atoms with Gasteiger partial charge in [0.2, 0.25) is 5.91 Å². The van der Waals surface area contributed by atoms with E-state index in [0.717, 1.165) is 22.0 Å². The summed E-state index contributed by atoms with van der Waals surface area (Å²) >= 11 is 1.61. The third kappa shape index (κ3) is 4.43. The Kier molecular flexibility index (Phi) is 5.27. The number of likely N-dealkylation sites (tertiary alicyclic amines) is 1. The quantitative estimate of drug-likeness (QED) is 0.847. The van der Waals surface area contributed by atoms with Crippen LogP contribution >= 0.6 is 11.3 Å². The van der Waals surface area contributed by atoms with Gasteiger partial charge in [-0.3, -0.25) is 4.79 Å². The molecule has 0 saturated carbocycles. The summed E-state index contributed by atoms with van der Waals surface area (Å²) in [5.74, 6) is 0.706. The van der Waals surface area contributed by atoms with Crippen LogP contribution in [0.3, 0.4) is 0 Å². The highest BCUT2D eigenvalue weighted by atomic mass is 32.1. The molecule has 5 nitrogen and oxygen atoms in total. The molecule has 24 heavy (non-hydrogen) atoms. The summed E-state index contributed by atoms with van der Waals surface area (Å²) in [6.45, 7) is 3.47. The second kappa shape index (κ2) is 7.59. The highest BCUT2D eigenvalue weighted by Gasteiger charge is 2.22. The maximum Gasteiger partial charge on any atom is 0.246 e. The first-order chi connectivity index (χ1) is 11.6. The highest BCUT2D eigenvalue weighted by molar-refractivity contribution is 7.09. The second-order valence-electron chi connectivity index (χ2n) is 5.78. The van der Waals surface area contributed by atoms with Gasteiger partial charge in [-0.25, -0.2) is 4.98 Å². The number of aryl methyl sites for hydroxylation is 1. The standard InChI is InChI=1S/C18H20N2O3S/c1-13-19-15(12-24-13)11-23-17-5-2-14(3-6-17)4-7-18(22)20-9-8-16(21)10-20/h2-7,12,16,21H,8-11H2,1H3/t16-/m1/s1. The van der Waals surface area contributed by atoms with E-state index in [4.69, 9.17) is 4.74 Å². The van der Waals surface area contributed by atoms with Crippen molar-refractivity contribution in [3.8, 4) is 5.75 Å². The van der Waals surface area contributed by atoms with Gasteiger partial charge < -0.3 is 14.7 Å². The zero-order chi connectivity index (χ0) is 16.9. The number of amides is 1. The maximum absolute atomic E-state index is 12.0. The molecule has 0 bridgehead atoms. The van der Waals surface area contributed by atoms with Crippen LogP contribution in [-0.2, 0) is 11.4 Å². The predicted molar refractivity (Wildman–Crippen MR) is 93.9 cm³/mol. The summed E-state index contributed by atoms with van der Waals surface area (Å²) in [5, 5.41) is 12.5. The average molecular weight is 344 g/mol. The van der Waals surface area contributed by atoms with Gasteiger partial charge in [0.05, 0.1) is 16.8 Å². The van der Waals surface area contributed by atoms with Gasteiger partial charge in [0.1, 0.15) is 12.4 Å². The minimum Gasteiger partial charge on any atom is -0.487 e.